The summed E-state index contributed by atoms with van der Waals surface area (Å²) in [5.74, 6) is -2.25. The van der Waals surface area contributed by atoms with Crippen molar-refractivity contribution in [1.82, 2.24) is 0 Å². The number of rotatable bonds is 5. The topological polar surface area (TPSA) is 180 Å². The zero-order valence-corrected chi connectivity index (χ0v) is 17.6. The lowest BCUT2D eigenvalue weighted by Crippen LogP contribution is -2.58. The van der Waals surface area contributed by atoms with Crippen molar-refractivity contribution in [3.8, 4) is 0 Å². The van der Waals surface area contributed by atoms with Crippen LogP contribution in [0.3, 0.4) is 0 Å². The fourth-order valence-corrected chi connectivity index (χ4v) is 8.08. The van der Waals surface area contributed by atoms with E-state index < -0.39 is 45.1 Å². The van der Waals surface area contributed by atoms with Crippen LogP contribution in [0.4, 0.5) is 0 Å². The highest BCUT2D eigenvalue weighted by molar-refractivity contribution is 8.22. The average Bonchev–Trinajstić information content (AvgIpc) is 2.62. The molecule has 0 saturated carbocycles. The highest BCUT2D eigenvalue weighted by Crippen LogP contribution is 2.40. The Labute approximate surface area is 175 Å². The Morgan fingerprint density at radius 1 is 0.613 bits per heavy atom. The van der Waals surface area contributed by atoms with Gasteiger partial charge in [0.15, 0.2) is 0 Å². The SMILES string of the molecule is O=C(c1ccc2ccc3cccc4ccc1c2c34)C(S(=O)(=O)O)(S(=O)(=O)O)S(=O)(=O)O. The molecule has 0 aliphatic rings. The van der Waals surface area contributed by atoms with E-state index in [-0.39, 0.29) is 5.39 Å². The predicted molar refractivity (Wildman–Crippen MR) is 112 cm³/mol. The van der Waals surface area contributed by atoms with Crippen molar-refractivity contribution >= 4 is 68.5 Å². The van der Waals surface area contributed by atoms with Crippen LogP contribution in [0, 0.1) is 0 Å². The minimum Gasteiger partial charge on any atom is -0.290 e. The number of carbonyl (C=O) groups excluding carboxylic acids is 1. The molecule has 0 saturated heterocycles. The van der Waals surface area contributed by atoms with Crippen molar-refractivity contribution in [2.24, 2.45) is 0 Å². The first kappa shape index (κ1) is 21.5. The number of ketones is 1. The van der Waals surface area contributed by atoms with Crippen molar-refractivity contribution in [1.29, 1.82) is 0 Å². The van der Waals surface area contributed by atoms with E-state index in [1.807, 2.05) is 0 Å². The van der Waals surface area contributed by atoms with Gasteiger partial charge in [-0.3, -0.25) is 18.5 Å². The van der Waals surface area contributed by atoms with E-state index in [9.17, 15) is 43.7 Å². The maximum atomic E-state index is 13.1. The molecular weight excluding hydrogens is 472 g/mol. The molecule has 3 N–H and O–H groups in total. The van der Waals surface area contributed by atoms with Crippen molar-refractivity contribution in [2.45, 2.75) is 3.41 Å². The zero-order valence-electron chi connectivity index (χ0n) is 15.1. The van der Waals surface area contributed by atoms with E-state index >= 15 is 0 Å². The summed E-state index contributed by atoms with van der Waals surface area (Å²) >= 11 is 0. The second-order valence-electron chi connectivity index (χ2n) is 6.78. The van der Waals surface area contributed by atoms with Gasteiger partial charge in [0.05, 0.1) is 0 Å². The third-order valence-electron chi connectivity index (χ3n) is 5.07. The molecule has 0 fully saturated rings. The number of carbonyl (C=O) groups is 1. The van der Waals surface area contributed by atoms with Gasteiger partial charge in [-0.25, -0.2) is 0 Å². The summed E-state index contributed by atoms with van der Waals surface area (Å²) in [5.41, 5.74) is -0.765. The van der Waals surface area contributed by atoms with Crippen LogP contribution in [0.2, 0.25) is 0 Å². The third kappa shape index (κ3) is 2.78. The second kappa shape index (κ2) is 6.41. The molecule has 0 amide bonds. The van der Waals surface area contributed by atoms with Gasteiger partial charge in [0.2, 0.25) is 5.78 Å². The molecule has 0 radical (unpaired) electrons. The first-order valence-corrected chi connectivity index (χ1v) is 12.7. The van der Waals surface area contributed by atoms with Gasteiger partial charge in [-0.2, -0.15) is 25.3 Å². The quantitative estimate of drug-likeness (QED) is 0.215. The summed E-state index contributed by atoms with van der Waals surface area (Å²) in [4.78, 5) is 13.1. The molecule has 0 aliphatic heterocycles. The molecule has 162 valence electrons. The molecule has 13 heteroatoms. The molecule has 0 spiro atoms. The summed E-state index contributed by atoms with van der Waals surface area (Å²) in [6.07, 6.45) is 0. The lowest BCUT2D eigenvalue weighted by molar-refractivity contribution is 0.0990. The molecule has 0 unspecified atom stereocenters. The van der Waals surface area contributed by atoms with Gasteiger partial charge in [0.25, 0.3) is 0 Å². The summed E-state index contributed by atoms with van der Waals surface area (Å²) in [6.45, 7) is 0. The molecule has 0 bridgehead atoms. The van der Waals surface area contributed by atoms with E-state index in [0.717, 1.165) is 16.8 Å². The molecule has 4 aromatic carbocycles. The van der Waals surface area contributed by atoms with E-state index in [1.54, 1.807) is 30.3 Å². The Morgan fingerprint density at radius 2 is 1.03 bits per heavy atom. The smallest absolute Gasteiger partial charge is 0.290 e. The van der Waals surface area contributed by atoms with Crippen LogP contribution in [0.25, 0.3) is 32.3 Å². The minimum atomic E-state index is -6.44. The number of hydrogen-bond acceptors (Lipinski definition) is 7. The Hall–Kier alpha value is -2.68. The van der Waals surface area contributed by atoms with Gasteiger partial charge in [-0.05, 0) is 32.3 Å². The first-order chi connectivity index (χ1) is 14.2. The number of Topliss-reactive ketones (excluding diaryl/α,β-unsaturated/α-hetero) is 1. The largest absolute Gasteiger partial charge is 0.406 e. The molecule has 0 heterocycles. The van der Waals surface area contributed by atoms with Crippen molar-refractivity contribution in [3.63, 3.8) is 0 Å². The molecule has 10 nitrogen and oxygen atoms in total. The Bertz CT molecular complexity index is 1620. The molecule has 31 heavy (non-hydrogen) atoms. The lowest BCUT2D eigenvalue weighted by Gasteiger charge is -2.23. The fourth-order valence-electron chi connectivity index (χ4n) is 3.85. The molecule has 0 aliphatic carbocycles. The summed E-state index contributed by atoms with van der Waals surface area (Å²) in [5, 5.41) is 2.98. The minimum absolute atomic E-state index is 0.0490. The molecule has 4 rings (SSSR count). The maximum Gasteiger partial charge on any atom is 0.406 e. The van der Waals surface area contributed by atoms with Gasteiger partial charge < -0.3 is 0 Å². The maximum absolute atomic E-state index is 13.1. The van der Waals surface area contributed by atoms with Crippen LogP contribution in [0.1, 0.15) is 10.4 Å². The highest BCUT2D eigenvalue weighted by atomic mass is 32.3. The van der Waals surface area contributed by atoms with Gasteiger partial charge in [0.1, 0.15) is 0 Å². The van der Waals surface area contributed by atoms with Crippen LogP contribution in [-0.2, 0) is 30.4 Å². The fraction of sp³-hybridized carbons (Fsp3) is 0.0556. The van der Waals surface area contributed by atoms with Gasteiger partial charge in [0, 0.05) is 5.56 Å². The van der Waals surface area contributed by atoms with Crippen LogP contribution in [-0.4, -0.2) is 48.1 Å². The van der Waals surface area contributed by atoms with Crippen LogP contribution >= 0.6 is 0 Å². The molecule has 4 aromatic rings. The average molecular weight is 484 g/mol. The third-order valence-corrected chi connectivity index (χ3v) is 11.5. The van der Waals surface area contributed by atoms with E-state index in [2.05, 4.69) is 0 Å². The Morgan fingerprint density at radius 3 is 1.52 bits per heavy atom. The first-order valence-electron chi connectivity index (χ1n) is 8.34. The Balaban J connectivity index is 2.21. The van der Waals surface area contributed by atoms with Crippen molar-refractivity contribution in [2.75, 3.05) is 0 Å². The summed E-state index contributed by atoms with van der Waals surface area (Å²) in [7, 11) is -19.3. The molecule has 0 aromatic heterocycles. The van der Waals surface area contributed by atoms with Crippen LogP contribution in [0.5, 0.6) is 0 Å². The highest BCUT2D eigenvalue weighted by Gasteiger charge is 2.71. The number of benzene rings is 4. The molecule has 0 atom stereocenters. The van der Waals surface area contributed by atoms with E-state index in [1.165, 1.54) is 18.2 Å². The normalized spacial score (nSPS) is 13.9. The monoisotopic (exact) mass is 484 g/mol. The molecular formula is C18H12O10S3. The van der Waals surface area contributed by atoms with Crippen molar-refractivity contribution < 1.29 is 43.7 Å². The van der Waals surface area contributed by atoms with Gasteiger partial charge >= 0.3 is 33.8 Å². The van der Waals surface area contributed by atoms with Gasteiger partial charge in [-0.1, -0.05) is 54.6 Å². The van der Waals surface area contributed by atoms with Gasteiger partial charge in [-0.15, -0.1) is 0 Å². The number of hydrogen-bond donors (Lipinski definition) is 3. The second-order valence-corrected chi connectivity index (χ2v) is 12.2. The van der Waals surface area contributed by atoms with E-state index in [4.69, 9.17) is 0 Å². The Kier molecular flexibility index (Phi) is 4.46. The zero-order chi connectivity index (χ0) is 23.0. The summed E-state index contributed by atoms with van der Waals surface area (Å²) in [6, 6.07) is 13.9. The van der Waals surface area contributed by atoms with E-state index in [0.29, 0.717) is 16.2 Å². The van der Waals surface area contributed by atoms with Crippen LogP contribution < -0.4 is 0 Å². The summed E-state index contributed by atoms with van der Waals surface area (Å²) < 4.78 is 94.7. The lowest BCUT2D eigenvalue weighted by atomic mass is 9.91. The predicted octanol–water partition coefficient (Wildman–Crippen LogP) is 2.08. The van der Waals surface area contributed by atoms with Crippen LogP contribution in [0.15, 0.2) is 54.6 Å². The standard InChI is InChI=1S/C18H12O10S3/c19-17(18(29(20,21)22,30(23,24)25)31(26,27)28)14-9-7-12-5-4-10-2-1-3-11-6-8-13(14)16(12)15(10)11/h1-9H,(H,20,21,22)(H,23,24,25)(H,26,27,28). The van der Waals surface area contributed by atoms with Crippen molar-refractivity contribution in [3.05, 3.63) is 60.2 Å².